The van der Waals surface area contributed by atoms with E-state index >= 15 is 0 Å². The number of aromatic carboxylic acids is 1. The van der Waals surface area contributed by atoms with Crippen LogP contribution in [0.2, 0.25) is 0 Å². The summed E-state index contributed by atoms with van der Waals surface area (Å²) in [5, 5.41) is 14.6. The van der Waals surface area contributed by atoms with Crippen molar-refractivity contribution in [2.45, 2.75) is 19.8 Å². The molecule has 1 aromatic heterocycles. The fraction of sp³-hybridized carbons (Fsp3) is 0.357. The predicted octanol–water partition coefficient (Wildman–Crippen LogP) is 1.85. The number of carbonyl (C=O) groups is 2. The molecule has 0 unspecified atom stereocenters. The zero-order valence-electron chi connectivity index (χ0n) is 11.7. The Hall–Kier alpha value is -2.57. The van der Waals surface area contributed by atoms with Gasteiger partial charge in [-0.05, 0) is 24.6 Å². The van der Waals surface area contributed by atoms with Crippen LogP contribution in [0.5, 0.6) is 0 Å². The summed E-state index contributed by atoms with van der Waals surface area (Å²) in [4.78, 5) is 26.4. The summed E-state index contributed by atoms with van der Waals surface area (Å²) in [7, 11) is 0. The molecule has 7 nitrogen and oxygen atoms in total. The molecule has 0 radical (unpaired) electrons. The standard InChI is InChI=1S/C14H17N3O4/c1-2-6-15-12(18)5-7-16-14-17-10-4-3-9(13(19)20)8-11(10)21-14/h3-4,8H,2,5-7H2,1H3,(H,15,18)(H,16,17)(H,19,20). The lowest BCUT2D eigenvalue weighted by molar-refractivity contribution is -0.120. The van der Waals surface area contributed by atoms with Gasteiger partial charge in [-0.25, -0.2) is 4.79 Å². The molecule has 0 fully saturated rings. The monoisotopic (exact) mass is 291 g/mol. The molecule has 0 aliphatic heterocycles. The van der Waals surface area contributed by atoms with Gasteiger partial charge in [-0.1, -0.05) is 6.92 Å². The number of amides is 1. The fourth-order valence-corrected chi connectivity index (χ4v) is 1.77. The number of nitrogens with one attached hydrogen (secondary N) is 2. The fourth-order valence-electron chi connectivity index (χ4n) is 1.77. The van der Waals surface area contributed by atoms with Crippen molar-refractivity contribution in [3.05, 3.63) is 23.8 Å². The van der Waals surface area contributed by atoms with Crippen molar-refractivity contribution < 1.29 is 19.1 Å². The Bertz CT molecular complexity index is 651. The lowest BCUT2D eigenvalue weighted by Crippen LogP contribution is -2.25. The number of hydrogen-bond acceptors (Lipinski definition) is 5. The highest BCUT2D eigenvalue weighted by atomic mass is 16.4. The first-order valence-corrected chi connectivity index (χ1v) is 6.74. The number of carboxylic acids is 1. The molecule has 0 aliphatic rings. The Balaban J connectivity index is 1.93. The molecule has 1 amide bonds. The number of carbonyl (C=O) groups excluding carboxylic acids is 1. The minimum atomic E-state index is -1.02. The zero-order valence-corrected chi connectivity index (χ0v) is 11.7. The Kier molecular flexibility index (Phi) is 4.76. The maximum absolute atomic E-state index is 11.4. The first kappa shape index (κ1) is 14.8. The highest BCUT2D eigenvalue weighted by molar-refractivity contribution is 5.92. The van der Waals surface area contributed by atoms with E-state index in [1.54, 1.807) is 6.07 Å². The minimum absolute atomic E-state index is 0.0337. The van der Waals surface area contributed by atoms with Crippen LogP contribution in [0.1, 0.15) is 30.1 Å². The topological polar surface area (TPSA) is 104 Å². The van der Waals surface area contributed by atoms with E-state index in [1.165, 1.54) is 12.1 Å². The number of hydrogen-bond donors (Lipinski definition) is 3. The van der Waals surface area contributed by atoms with E-state index in [-0.39, 0.29) is 17.5 Å². The third kappa shape index (κ3) is 3.95. The van der Waals surface area contributed by atoms with E-state index in [0.717, 1.165) is 6.42 Å². The molecule has 112 valence electrons. The van der Waals surface area contributed by atoms with E-state index in [9.17, 15) is 9.59 Å². The number of fused-ring (bicyclic) bond motifs is 1. The Morgan fingerprint density at radius 3 is 2.86 bits per heavy atom. The van der Waals surface area contributed by atoms with E-state index in [0.29, 0.717) is 30.6 Å². The van der Waals surface area contributed by atoms with Crippen LogP contribution in [0.15, 0.2) is 22.6 Å². The quantitative estimate of drug-likeness (QED) is 0.719. The molecule has 1 heterocycles. The molecule has 7 heteroatoms. The zero-order chi connectivity index (χ0) is 15.2. The van der Waals surface area contributed by atoms with E-state index in [1.807, 2.05) is 6.92 Å². The van der Waals surface area contributed by atoms with Gasteiger partial charge in [-0.15, -0.1) is 0 Å². The number of carboxylic acid groups (broad SMARTS) is 1. The lowest BCUT2D eigenvalue weighted by Gasteiger charge is -2.03. The average molecular weight is 291 g/mol. The lowest BCUT2D eigenvalue weighted by atomic mass is 10.2. The maximum atomic E-state index is 11.4. The molecule has 0 spiro atoms. The summed E-state index contributed by atoms with van der Waals surface area (Å²) in [5.41, 5.74) is 1.11. The molecule has 21 heavy (non-hydrogen) atoms. The van der Waals surface area contributed by atoms with Crippen molar-refractivity contribution in [1.29, 1.82) is 0 Å². The summed E-state index contributed by atoms with van der Waals surface area (Å²) in [6.45, 7) is 3.05. The Morgan fingerprint density at radius 1 is 1.33 bits per heavy atom. The van der Waals surface area contributed by atoms with E-state index in [2.05, 4.69) is 15.6 Å². The first-order chi connectivity index (χ1) is 10.1. The van der Waals surface area contributed by atoms with Crippen LogP contribution in [0, 0.1) is 0 Å². The summed E-state index contributed by atoms with van der Waals surface area (Å²) in [6.07, 6.45) is 1.22. The Labute approximate surface area is 121 Å². The second kappa shape index (κ2) is 6.74. The van der Waals surface area contributed by atoms with Gasteiger partial charge in [-0.2, -0.15) is 4.98 Å². The van der Waals surface area contributed by atoms with Crippen molar-refractivity contribution in [2.24, 2.45) is 0 Å². The van der Waals surface area contributed by atoms with Crippen LogP contribution in [0.4, 0.5) is 6.01 Å². The highest BCUT2D eigenvalue weighted by Gasteiger charge is 2.09. The summed E-state index contributed by atoms with van der Waals surface area (Å²) in [6, 6.07) is 4.75. The van der Waals surface area contributed by atoms with Crippen molar-refractivity contribution in [2.75, 3.05) is 18.4 Å². The minimum Gasteiger partial charge on any atom is -0.478 e. The molecule has 2 aromatic rings. The van der Waals surface area contributed by atoms with Crippen molar-refractivity contribution in [3.8, 4) is 0 Å². The normalized spacial score (nSPS) is 10.5. The maximum Gasteiger partial charge on any atom is 0.335 e. The molecule has 0 saturated heterocycles. The van der Waals surface area contributed by atoms with Crippen LogP contribution in [-0.4, -0.2) is 35.1 Å². The SMILES string of the molecule is CCCNC(=O)CCNc1nc2ccc(C(=O)O)cc2o1. The molecular weight excluding hydrogens is 274 g/mol. The molecule has 0 aliphatic carbocycles. The second-order valence-electron chi connectivity index (χ2n) is 4.53. The number of rotatable bonds is 7. The van der Waals surface area contributed by atoms with Crippen LogP contribution in [0.3, 0.4) is 0 Å². The van der Waals surface area contributed by atoms with Gasteiger partial charge < -0.3 is 20.2 Å². The number of nitrogens with zero attached hydrogens (tertiary/aromatic N) is 1. The first-order valence-electron chi connectivity index (χ1n) is 6.74. The molecule has 0 saturated carbocycles. The van der Waals surface area contributed by atoms with Gasteiger partial charge in [0.1, 0.15) is 5.52 Å². The van der Waals surface area contributed by atoms with Crippen LogP contribution < -0.4 is 10.6 Å². The van der Waals surface area contributed by atoms with Gasteiger partial charge in [0.05, 0.1) is 5.56 Å². The van der Waals surface area contributed by atoms with E-state index < -0.39 is 5.97 Å². The van der Waals surface area contributed by atoms with Crippen molar-refractivity contribution in [1.82, 2.24) is 10.3 Å². The molecule has 0 atom stereocenters. The van der Waals surface area contributed by atoms with Crippen LogP contribution in [0.25, 0.3) is 11.1 Å². The van der Waals surface area contributed by atoms with Gasteiger partial charge in [0.25, 0.3) is 6.01 Å². The number of anilines is 1. The second-order valence-corrected chi connectivity index (χ2v) is 4.53. The predicted molar refractivity (Wildman–Crippen MR) is 77.4 cm³/mol. The summed E-state index contributed by atoms with van der Waals surface area (Å²) < 4.78 is 5.40. The molecular formula is C14H17N3O4. The molecule has 0 bridgehead atoms. The molecule has 2 rings (SSSR count). The van der Waals surface area contributed by atoms with Gasteiger partial charge >= 0.3 is 5.97 Å². The van der Waals surface area contributed by atoms with Crippen molar-refractivity contribution in [3.63, 3.8) is 0 Å². The largest absolute Gasteiger partial charge is 0.478 e. The Morgan fingerprint density at radius 2 is 2.14 bits per heavy atom. The third-order valence-electron chi connectivity index (χ3n) is 2.84. The smallest absolute Gasteiger partial charge is 0.335 e. The number of benzene rings is 1. The van der Waals surface area contributed by atoms with Crippen LogP contribution in [-0.2, 0) is 4.79 Å². The molecule has 3 N–H and O–H groups in total. The number of aromatic nitrogens is 1. The van der Waals surface area contributed by atoms with Crippen molar-refractivity contribution >= 4 is 29.0 Å². The third-order valence-corrected chi connectivity index (χ3v) is 2.84. The van der Waals surface area contributed by atoms with Crippen LogP contribution >= 0.6 is 0 Å². The summed E-state index contributed by atoms with van der Waals surface area (Å²) in [5.74, 6) is -1.05. The van der Waals surface area contributed by atoms with Gasteiger partial charge in [0.2, 0.25) is 5.91 Å². The average Bonchev–Trinajstić information content (AvgIpc) is 2.86. The van der Waals surface area contributed by atoms with E-state index in [4.69, 9.17) is 9.52 Å². The summed E-state index contributed by atoms with van der Waals surface area (Å²) >= 11 is 0. The van der Waals surface area contributed by atoms with Gasteiger partial charge in [0.15, 0.2) is 5.58 Å². The van der Waals surface area contributed by atoms with Gasteiger partial charge in [0, 0.05) is 19.5 Å². The molecule has 1 aromatic carbocycles. The van der Waals surface area contributed by atoms with Gasteiger partial charge in [-0.3, -0.25) is 4.79 Å². The highest BCUT2D eigenvalue weighted by Crippen LogP contribution is 2.20. The number of oxazole rings is 1.